The molecule has 0 aliphatic heterocycles. The molecule has 0 unspecified atom stereocenters. The van der Waals surface area contributed by atoms with Gasteiger partial charge in [-0.15, -0.1) is 0 Å². The van der Waals surface area contributed by atoms with Gasteiger partial charge in [0, 0.05) is 0 Å². The Labute approximate surface area is 159 Å². The summed E-state index contributed by atoms with van der Waals surface area (Å²) >= 11 is -0.807. The van der Waals surface area contributed by atoms with Crippen molar-refractivity contribution in [3.05, 3.63) is 11.9 Å². The minimum atomic E-state index is -0.807. The quantitative estimate of drug-likeness (QED) is 0.249. The fraction of sp³-hybridized carbons (Fsp3) is 0.625. The number of esters is 1. The third-order valence-corrected chi connectivity index (χ3v) is 5.02. The number of quaternary nitrogens is 1. The number of nitrogens with zero attached hydrogens (tertiary/aromatic N) is 3. The zero-order valence-electron chi connectivity index (χ0n) is 16.0. The van der Waals surface area contributed by atoms with Gasteiger partial charge in [-0.1, -0.05) is 0 Å². The first-order valence-electron chi connectivity index (χ1n) is 8.12. The van der Waals surface area contributed by atoms with E-state index in [0.29, 0.717) is 10.2 Å². The molecule has 0 fully saturated rings. The van der Waals surface area contributed by atoms with Gasteiger partial charge in [0.1, 0.15) is 0 Å². The van der Waals surface area contributed by atoms with Crippen LogP contribution in [-0.2, 0) is 25.4 Å². The number of methoxy groups -OCH3 is 1. The predicted molar refractivity (Wildman–Crippen MR) is 94.6 cm³/mol. The fourth-order valence-corrected chi connectivity index (χ4v) is 3.63. The molecule has 1 heterocycles. The summed E-state index contributed by atoms with van der Waals surface area (Å²) in [6.45, 7) is 3.84. The van der Waals surface area contributed by atoms with Crippen molar-refractivity contribution >= 4 is 36.6 Å². The van der Waals surface area contributed by atoms with E-state index in [1.165, 1.54) is 17.9 Å². The molecule has 1 atom stereocenters. The summed E-state index contributed by atoms with van der Waals surface area (Å²) in [7, 11) is 6.94. The van der Waals surface area contributed by atoms with Gasteiger partial charge in [0.05, 0.1) is 0 Å². The van der Waals surface area contributed by atoms with Crippen molar-refractivity contribution in [2.24, 2.45) is 0 Å². The molecule has 0 spiro atoms. The second kappa shape index (κ2) is 9.70. The maximum atomic E-state index is 12.2. The number of carbonyl (C=O) groups is 3. The topological polar surface area (TPSA) is 96.7 Å². The number of likely N-dealkylation sites (N-methyl/N-ethyl adjacent to an activating group) is 1. The van der Waals surface area contributed by atoms with Crippen molar-refractivity contribution in [1.29, 1.82) is 0 Å². The summed E-state index contributed by atoms with van der Waals surface area (Å²) in [6, 6.07) is -0.506. The van der Waals surface area contributed by atoms with Gasteiger partial charge >= 0.3 is 159 Å². The Morgan fingerprint density at radius 3 is 2.31 bits per heavy atom. The summed E-state index contributed by atoms with van der Waals surface area (Å²) in [5.41, 5.74) is 0.502. The third-order valence-electron chi connectivity index (χ3n) is 3.44. The standard InChI is InChI=1S/C16H26N3O6Se/c1-7-24-15(21)18-10-11(17-14(18)26-16(22)25-8-2)9-12(13(20)23-6)19(3,4)5/h10,12H,7-9H2,1-6H3/q+1/t12-/m0/s1. The van der Waals surface area contributed by atoms with Gasteiger partial charge in [-0.25, -0.2) is 0 Å². The second-order valence-corrected chi connectivity index (χ2v) is 8.12. The van der Waals surface area contributed by atoms with Crippen LogP contribution in [0.1, 0.15) is 19.5 Å². The van der Waals surface area contributed by atoms with Gasteiger partial charge in [0.15, 0.2) is 0 Å². The molecule has 0 radical (unpaired) electrons. The van der Waals surface area contributed by atoms with Crippen LogP contribution in [0.25, 0.3) is 0 Å². The summed E-state index contributed by atoms with van der Waals surface area (Å²) in [5, 5.41) is 0. The molecule has 0 aliphatic carbocycles. The Morgan fingerprint density at radius 2 is 1.81 bits per heavy atom. The first-order valence-corrected chi connectivity index (χ1v) is 9.84. The number of aromatic nitrogens is 2. The van der Waals surface area contributed by atoms with Gasteiger partial charge < -0.3 is 0 Å². The van der Waals surface area contributed by atoms with E-state index in [0.717, 1.165) is 0 Å². The molecule has 146 valence electrons. The second-order valence-electron chi connectivity index (χ2n) is 6.23. The molecule has 0 amide bonds. The van der Waals surface area contributed by atoms with Crippen LogP contribution in [0.5, 0.6) is 0 Å². The minimum absolute atomic E-state index is 0.196. The number of ether oxygens (including phenoxy) is 3. The zero-order valence-corrected chi connectivity index (χ0v) is 17.7. The van der Waals surface area contributed by atoms with Crippen LogP contribution in [0.4, 0.5) is 9.59 Å². The zero-order chi connectivity index (χ0) is 19.9. The van der Waals surface area contributed by atoms with Crippen LogP contribution in [-0.4, -0.2) is 93.4 Å². The SMILES string of the molecule is CCOC(=O)[Se]c1nc(C[C@@H](C(=O)OC)[N+](C)(C)C)cn1C(=O)OCC. The van der Waals surface area contributed by atoms with Crippen LogP contribution in [0.2, 0.25) is 0 Å². The summed E-state index contributed by atoms with van der Waals surface area (Å²) < 4.78 is 16.6. The Hall–Kier alpha value is -1.90. The molecule has 26 heavy (non-hydrogen) atoms. The summed E-state index contributed by atoms with van der Waals surface area (Å²) in [4.78, 5) is 40.0. The Morgan fingerprint density at radius 1 is 1.19 bits per heavy atom. The molecule has 0 saturated heterocycles. The maximum absolute atomic E-state index is 12.2. The van der Waals surface area contributed by atoms with Crippen molar-refractivity contribution in [2.75, 3.05) is 41.5 Å². The van der Waals surface area contributed by atoms with Crippen LogP contribution in [0.15, 0.2) is 6.20 Å². The number of carbonyl (C=O) groups excluding carboxylic acids is 3. The average Bonchev–Trinajstić information content (AvgIpc) is 2.94. The van der Waals surface area contributed by atoms with E-state index in [2.05, 4.69) is 4.98 Å². The molecule has 10 heteroatoms. The Kier molecular flexibility index (Phi) is 8.26. The monoisotopic (exact) mass is 436 g/mol. The summed E-state index contributed by atoms with van der Waals surface area (Å²) in [6.07, 6.45) is 1.14. The van der Waals surface area contributed by atoms with Gasteiger partial charge in [0.2, 0.25) is 0 Å². The van der Waals surface area contributed by atoms with Crippen molar-refractivity contribution in [2.45, 2.75) is 26.3 Å². The molecule has 0 aliphatic rings. The van der Waals surface area contributed by atoms with E-state index in [4.69, 9.17) is 14.2 Å². The van der Waals surface area contributed by atoms with Crippen molar-refractivity contribution in [3.63, 3.8) is 0 Å². The van der Waals surface area contributed by atoms with Crippen molar-refractivity contribution in [3.8, 4) is 0 Å². The van der Waals surface area contributed by atoms with Crippen molar-refractivity contribution in [1.82, 2.24) is 9.55 Å². The molecule has 0 N–H and O–H groups in total. The van der Waals surface area contributed by atoms with E-state index in [1.54, 1.807) is 13.8 Å². The van der Waals surface area contributed by atoms with E-state index in [1.807, 2.05) is 21.1 Å². The van der Waals surface area contributed by atoms with Gasteiger partial charge in [0.25, 0.3) is 0 Å². The Bertz CT molecular complexity index is 653. The Balaban J connectivity index is 3.16. The first kappa shape index (κ1) is 22.1. The molecule has 0 aromatic carbocycles. The average molecular weight is 435 g/mol. The van der Waals surface area contributed by atoms with E-state index in [9.17, 15) is 14.4 Å². The van der Waals surface area contributed by atoms with Gasteiger partial charge in [-0.2, -0.15) is 0 Å². The molecular weight excluding hydrogens is 409 g/mol. The third kappa shape index (κ3) is 6.12. The fourth-order valence-electron chi connectivity index (χ4n) is 2.13. The summed E-state index contributed by atoms with van der Waals surface area (Å²) in [5.74, 6) is -0.374. The molecule has 0 saturated carbocycles. The molecule has 9 nitrogen and oxygen atoms in total. The molecule has 1 aromatic heterocycles. The number of imidazole rings is 1. The van der Waals surface area contributed by atoms with E-state index in [-0.39, 0.29) is 30.3 Å². The van der Waals surface area contributed by atoms with Crippen LogP contribution < -0.4 is 4.72 Å². The molecular formula is C16H26N3O6Se+. The van der Waals surface area contributed by atoms with E-state index < -0.39 is 32.0 Å². The van der Waals surface area contributed by atoms with Crippen LogP contribution in [0.3, 0.4) is 0 Å². The van der Waals surface area contributed by atoms with Gasteiger partial charge in [-0.3, -0.25) is 0 Å². The molecule has 1 rings (SSSR count). The molecule has 1 aromatic rings. The number of hydrogen-bond donors (Lipinski definition) is 0. The van der Waals surface area contributed by atoms with Crippen LogP contribution in [0, 0.1) is 0 Å². The number of hydrogen-bond acceptors (Lipinski definition) is 7. The van der Waals surface area contributed by atoms with Crippen molar-refractivity contribution < 1.29 is 33.1 Å². The number of rotatable bonds is 8. The first-order chi connectivity index (χ1) is 12.1. The normalized spacial score (nSPS) is 12.4. The van der Waals surface area contributed by atoms with E-state index >= 15 is 0 Å². The van der Waals surface area contributed by atoms with Crippen LogP contribution >= 0.6 is 0 Å². The predicted octanol–water partition coefficient (Wildman–Crippen LogP) is 0.164. The molecule has 0 bridgehead atoms. The van der Waals surface area contributed by atoms with Gasteiger partial charge in [-0.05, 0) is 0 Å².